The summed E-state index contributed by atoms with van der Waals surface area (Å²) < 4.78 is 0. The molecule has 0 bridgehead atoms. The minimum Gasteiger partial charge on any atom is -0.391 e. The first-order chi connectivity index (χ1) is 4.70. The van der Waals surface area contributed by atoms with E-state index in [1.165, 1.54) is 0 Å². The molecule has 0 aliphatic carbocycles. The Kier molecular flexibility index (Phi) is 6.38. The SMILES string of the molecule is CCC(C)NCC(O)CBr. The summed E-state index contributed by atoms with van der Waals surface area (Å²) in [6, 6.07) is 0.508. The van der Waals surface area contributed by atoms with E-state index in [0.29, 0.717) is 17.9 Å². The van der Waals surface area contributed by atoms with E-state index in [4.69, 9.17) is 5.11 Å². The van der Waals surface area contributed by atoms with Crippen molar-refractivity contribution in [3.05, 3.63) is 0 Å². The first kappa shape index (κ1) is 10.4. The van der Waals surface area contributed by atoms with E-state index in [9.17, 15) is 0 Å². The van der Waals surface area contributed by atoms with Crippen molar-refractivity contribution in [2.75, 3.05) is 11.9 Å². The Balaban J connectivity index is 3.17. The molecule has 62 valence electrons. The van der Waals surface area contributed by atoms with E-state index in [1.54, 1.807) is 0 Å². The molecule has 10 heavy (non-hydrogen) atoms. The number of rotatable bonds is 5. The van der Waals surface area contributed by atoms with Gasteiger partial charge in [-0.1, -0.05) is 22.9 Å². The quantitative estimate of drug-likeness (QED) is 0.666. The van der Waals surface area contributed by atoms with Gasteiger partial charge < -0.3 is 10.4 Å². The first-order valence-electron chi connectivity index (χ1n) is 3.68. The van der Waals surface area contributed by atoms with Gasteiger partial charge in [0.05, 0.1) is 6.10 Å². The standard InChI is InChI=1S/C7H16BrNO/c1-3-6(2)9-5-7(10)4-8/h6-7,9-10H,3-5H2,1-2H3. The maximum Gasteiger partial charge on any atom is 0.0761 e. The van der Waals surface area contributed by atoms with Gasteiger partial charge in [0.25, 0.3) is 0 Å². The molecule has 0 fully saturated rings. The lowest BCUT2D eigenvalue weighted by molar-refractivity contribution is 0.192. The van der Waals surface area contributed by atoms with Crippen molar-refractivity contribution in [1.29, 1.82) is 0 Å². The Morgan fingerprint density at radius 3 is 2.60 bits per heavy atom. The molecule has 2 atom stereocenters. The summed E-state index contributed by atoms with van der Waals surface area (Å²) in [5.74, 6) is 0. The maximum absolute atomic E-state index is 9.09. The van der Waals surface area contributed by atoms with E-state index in [-0.39, 0.29) is 6.10 Å². The lowest BCUT2D eigenvalue weighted by atomic mass is 10.2. The van der Waals surface area contributed by atoms with Crippen LogP contribution in [0.15, 0.2) is 0 Å². The average molecular weight is 210 g/mol. The summed E-state index contributed by atoms with van der Waals surface area (Å²) in [6.45, 7) is 4.92. The van der Waals surface area contributed by atoms with Crippen molar-refractivity contribution in [3.63, 3.8) is 0 Å². The van der Waals surface area contributed by atoms with Gasteiger partial charge in [-0.05, 0) is 13.3 Å². The zero-order valence-corrected chi connectivity index (χ0v) is 8.19. The van der Waals surface area contributed by atoms with Gasteiger partial charge in [-0.2, -0.15) is 0 Å². The third kappa shape index (κ3) is 5.21. The fraction of sp³-hybridized carbons (Fsp3) is 1.00. The molecule has 2 N–H and O–H groups in total. The van der Waals surface area contributed by atoms with Crippen LogP contribution < -0.4 is 5.32 Å². The molecule has 0 aromatic heterocycles. The highest BCUT2D eigenvalue weighted by molar-refractivity contribution is 9.09. The summed E-state index contributed by atoms with van der Waals surface area (Å²) in [7, 11) is 0. The normalized spacial score (nSPS) is 16.8. The highest BCUT2D eigenvalue weighted by Gasteiger charge is 2.02. The Bertz CT molecular complexity index is 70.0. The van der Waals surface area contributed by atoms with E-state index < -0.39 is 0 Å². The molecule has 0 saturated heterocycles. The van der Waals surface area contributed by atoms with Crippen LogP contribution >= 0.6 is 15.9 Å². The third-order valence-electron chi connectivity index (χ3n) is 1.49. The Labute approximate surface area is 71.1 Å². The van der Waals surface area contributed by atoms with Crippen molar-refractivity contribution in [1.82, 2.24) is 5.32 Å². The van der Waals surface area contributed by atoms with Crippen molar-refractivity contribution in [2.24, 2.45) is 0 Å². The molecule has 0 rings (SSSR count). The molecule has 2 unspecified atom stereocenters. The number of nitrogens with one attached hydrogen (secondary N) is 1. The topological polar surface area (TPSA) is 32.3 Å². The van der Waals surface area contributed by atoms with Gasteiger partial charge in [0.2, 0.25) is 0 Å². The number of hydrogen-bond acceptors (Lipinski definition) is 2. The van der Waals surface area contributed by atoms with E-state index in [0.717, 1.165) is 6.42 Å². The third-order valence-corrected chi connectivity index (χ3v) is 2.24. The monoisotopic (exact) mass is 209 g/mol. The Morgan fingerprint density at radius 2 is 2.20 bits per heavy atom. The molecule has 0 radical (unpaired) electrons. The number of aliphatic hydroxyl groups excluding tert-OH is 1. The Morgan fingerprint density at radius 1 is 1.60 bits per heavy atom. The van der Waals surface area contributed by atoms with E-state index >= 15 is 0 Å². The van der Waals surface area contributed by atoms with Gasteiger partial charge in [-0.25, -0.2) is 0 Å². The van der Waals surface area contributed by atoms with E-state index in [1.807, 2.05) is 0 Å². The van der Waals surface area contributed by atoms with Crippen molar-refractivity contribution < 1.29 is 5.11 Å². The smallest absolute Gasteiger partial charge is 0.0761 e. The van der Waals surface area contributed by atoms with Gasteiger partial charge >= 0.3 is 0 Å². The van der Waals surface area contributed by atoms with Gasteiger partial charge in [0.15, 0.2) is 0 Å². The highest BCUT2D eigenvalue weighted by Crippen LogP contribution is 1.91. The fourth-order valence-corrected chi connectivity index (χ4v) is 0.765. The Hall–Kier alpha value is 0.400. The van der Waals surface area contributed by atoms with Crippen molar-refractivity contribution in [3.8, 4) is 0 Å². The minimum absolute atomic E-state index is 0.256. The first-order valence-corrected chi connectivity index (χ1v) is 4.80. The summed E-state index contributed by atoms with van der Waals surface area (Å²) >= 11 is 3.20. The predicted octanol–water partition coefficient (Wildman–Crippen LogP) is 1.13. The number of alkyl halides is 1. The number of aliphatic hydroxyl groups is 1. The summed E-state index contributed by atoms with van der Waals surface area (Å²) in [5, 5.41) is 12.9. The molecule has 0 aliphatic heterocycles. The molecule has 0 spiro atoms. The molecule has 0 amide bonds. The second-order valence-electron chi connectivity index (χ2n) is 2.53. The molecule has 0 heterocycles. The van der Waals surface area contributed by atoms with Gasteiger partial charge in [-0.15, -0.1) is 0 Å². The lowest BCUT2D eigenvalue weighted by Crippen LogP contribution is -2.33. The second-order valence-corrected chi connectivity index (χ2v) is 3.17. The predicted molar refractivity (Wildman–Crippen MR) is 47.6 cm³/mol. The zero-order valence-electron chi connectivity index (χ0n) is 6.60. The van der Waals surface area contributed by atoms with Crippen molar-refractivity contribution in [2.45, 2.75) is 32.4 Å². The summed E-state index contributed by atoms with van der Waals surface area (Å²) in [5.41, 5.74) is 0. The van der Waals surface area contributed by atoms with Gasteiger partial charge in [0.1, 0.15) is 0 Å². The van der Waals surface area contributed by atoms with Gasteiger partial charge in [0, 0.05) is 17.9 Å². The second kappa shape index (κ2) is 6.13. The molecule has 2 nitrogen and oxygen atoms in total. The van der Waals surface area contributed by atoms with E-state index in [2.05, 4.69) is 35.1 Å². The molecule has 0 saturated carbocycles. The fourth-order valence-electron chi connectivity index (χ4n) is 0.536. The van der Waals surface area contributed by atoms with Crippen LogP contribution in [0.25, 0.3) is 0 Å². The lowest BCUT2D eigenvalue weighted by Gasteiger charge is -2.13. The van der Waals surface area contributed by atoms with Crippen LogP contribution in [0.5, 0.6) is 0 Å². The van der Waals surface area contributed by atoms with Gasteiger partial charge in [-0.3, -0.25) is 0 Å². The summed E-state index contributed by atoms with van der Waals surface area (Å²) in [4.78, 5) is 0. The van der Waals surface area contributed by atoms with Crippen LogP contribution in [0.2, 0.25) is 0 Å². The average Bonchev–Trinajstić information content (AvgIpc) is 1.99. The van der Waals surface area contributed by atoms with Crippen LogP contribution in [-0.2, 0) is 0 Å². The van der Waals surface area contributed by atoms with Crippen LogP contribution in [0.4, 0.5) is 0 Å². The minimum atomic E-state index is -0.256. The molecule has 0 aromatic rings. The van der Waals surface area contributed by atoms with Crippen LogP contribution in [-0.4, -0.2) is 29.1 Å². The molecule has 0 aliphatic rings. The number of hydrogen-bond donors (Lipinski definition) is 2. The molecular weight excluding hydrogens is 194 g/mol. The highest BCUT2D eigenvalue weighted by atomic mass is 79.9. The van der Waals surface area contributed by atoms with Crippen molar-refractivity contribution >= 4 is 15.9 Å². The summed E-state index contributed by atoms with van der Waals surface area (Å²) in [6.07, 6.45) is 0.851. The maximum atomic E-state index is 9.09. The zero-order chi connectivity index (χ0) is 7.98. The van der Waals surface area contributed by atoms with Crippen LogP contribution in [0.3, 0.4) is 0 Å². The number of halogens is 1. The molecular formula is C7H16BrNO. The largest absolute Gasteiger partial charge is 0.391 e. The van der Waals surface area contributed by atoms with Crippen LogP contribution in [0.1, 0.15) is 20.3 Å². The van der Waals surface area contributed by atoms with Crippen LogP contribution in [0, 0.1) is 0 Å². The molecule has 0 aromatic carbocycles. The molecule has 3 heteroatoms.